The van der Waals surface area contributed by atoms with E-state index < -0.39 is 0 Å². The lowest BCUT2D eigenvalue weighted by Crippen LogP contribution is -2.28. The van der Waals surface area contributed by atoms with Gasteiger partial charge in [-0.25, -0.2) is 10.1 Å². The zero-order valence-electron chi connectivity index (χ0n) is 6.68. The molecular formula is C7H15N2O. The Morgan fingerprint density at radius 3 is 2.70 bits per heavy atom. The highest BCUT2D eigenvalue weighted by atomic mass is 16.2. The summed E-state index contributed by atoms with van der Waals surface area (Å²) in [4.78, 5) is 10.5. The Hall–Kier alpha value is -0.730. The molecule has 2 amide bonds. The first-order valence-corrected chi connectivity index (χ1v) is 3.69. The Labute approximate surface area is 62.2 Å². The van der Waals surface area contributed by atoms with Crippen molar-refractivity contribution >= 4 is 6.03 Å². The molecule has 3 nitrogen and oxygen atoms in total. The van der Waals surface area contributed by atoms with Crippen LogP contribution in [0.4, 0.5) is 4.79 Å². The summed E-state index contributed by atoms with van der Waals surface area (Å²) in [6.07, 6.45) is 3.40. The van der Waals surface area contributed by atoms with E-state index in [2.05, 4.69) is 17.6 Å². The summed E-state index contributed by atoms with van der Waals surface area (Å²) in [5, 5.41) is 6.10. The van der Waals surface area contributed by atoms with E-state index in [1.807, 2.05) is 0 Å². The third-order valence-electron chi connectivity index (χ3n) is 1.26. The molecule has 0 aliphatic rings. The number of amides is 2. The lowest BCUT2D eigenvalue weighted by atomic mass is 10.2. The van der Waals surface area contributed by atoms with E-state index in [0.29, 0.717) is 0 Å². The highest BCUT2D eigenvalue weighted by Crippen LogP contribution is 1.90. The molecule has 0 aromatic rings. The van der Waals surface area contributed by atoms with Gasteiger partial charge in [-0.05, 0) is 6.42 Å². The minimum Gasteiger partial charge on any atom is -0.337 e. The number of hydrogen-bond donors (Lipinski definition) is 1. The lowest BCUT2D eigenvalue weighted by molar-refractivity contribution is 0.242. The van der Waals surface area contributed by atoms with Gasteiger partial charge in [-0.1, -0.05) is 19.8 Å². The standard InChI is InChI=1S/C7H15N2O/c1-3-4-5-6-9-7(10)8-2/h3-6H2,1-2H3,(H,9,10). The largest absolute Gasteiger partial charge is 0.337 e. The van der Waals surface area contributed by atoms with Gasteiger partial charge in [0.25, 0.3) is 0 Å². The molecule has 0 saturated carbocycles. The summed E-state index contributed by atoms with van der Waals surface area (Å²) in [6, 6.07) is -0.212. The molecule has 1 N–H and O–H groups in total. The predicted octanol–water partition coefficient (Wildman–Crippen LogP) is 1.12. The smallest absolute Gasteiger partial charge is 0.336 e. The van der Waals surface area contributed by atoms with Crippen LogP contribution in [0.2, 0.25) is 0 Å². The topological polar surface area (TPSA) is 43.2 Å². The molecular weight excluding hydrogens is 128 g/mol. The number of carbonyl (C=O) groups is 1. The Kier molecular flexibility index (Phi) is 5.92. The number of urea groups is 1. The van der Waals surface area contributed by atoms with Crippen LogP contribution in [0.25, 0.3) is 0 Å². The van der Waals surface area contributed by atoms with Crippen molar-refractivity contribution < 1.29 is 4.79 Å². The van der Waals surface area contributed by atoms with Gasteiger partial charge in [-0.15, -0.1) is 0 Å². The molecule has 59 valence electrons. The van der Waals surface area contributed by atoms with Crippen molar-refractivity contribution in [3.05, 3.63) is 0 Å². The summed E-state index contributed by atoms with van der Waals surface area (Å²) in [5.74, 6) is 0. The van der Waals surface area contributed by atoms with Gasteiger partial charge >= 0.3 is 6.03 Å². The van der Waals surface area contributed by atoms with Crippen molar-refractivity contribution in [1.29, 1.82) is 0 Å². The van der Waals surface area contributed by atoms with Crippen LogP contribution in [0, 0.1) is 0 Å². The fourth-order valence-corrected chi connectivity index (χ4v) is 0.649. The molecule has 0 aromatic heterocycles. The lowest BCUT2D eigenvalue weighted by Gasteiger charge is -2.00. The van der Waals surface area contributed by atoms with E-state index >= 15 is 0 Å². The molecule has 0 unspecified atom stereocenters. The SMILES string of the molecule is CCCCCNC(=O)[N]C. The molecule has 1 radical (unpaired) electrons. The van der Waals surface area contributed by atoms with Crippen LogP contribution in [-0.2, 0) is 0 Å². The maximum absolute atomic E-state index is 10.5. The van der Waals surface area contributed by atoms with Crippen molar-refractivity contribution in [2.75, 3.05) is 13.6 Å². The highest BCUT2D eigenvalue weighted by molar-refractivity contribution is 5.72. The fourth-order valence-electron chi connectivity index (χ4n) is 0.649. The molecule has 0 aliphatic carbocycles. The minimum atomic E-state index is -0.212. The number of hydrogen-bond acceptors (Lipinski definition) is 1. The van der Waals surface area contributed by atoms with E-state index in [9.17, 15) is 4.79 Å². The third-order valence-corrected chi connectivity index (χ3v) is 1.26. The second kappa shape index (κ2) is 6.39. The number of nitrogens with zero attached hydrogens (tertiary/aromatic N) is 1. The molecule has 0 fully saturated rings. The Bertz CT molecular complexity index is 93.6. The average Bonchev–Trinajstić information content (AvgIpc) is 1.98. The van der Waals surface area contributed by atoms with Crippen molar-refractivity contribution in [2.24, 2.45) is 0 Å². The molecule has 0 aliphatic heterocycles. The van der Waals surface area contributed by atoms with Gasteiger partial charge in [0.15, 0.2) is 0 Å². The fraction of sp³-hybridized carbons (Fsp3) is 0.857. The van der Waals surface area contributed by atoms with E-state index in [4.69, 9.17) is 0 Å². The summed E-state index contributed by atoms with van der Waals surface area (Å²) >= 11 is 0. The highest BCUT2D eigenvalue weighted by Gasteiger charge is 1.93. The maximum atomic E-state index is 10.5. The van der Waals surface area contributed by atoms with Crippen LogP contribution < -0.4 is 10.6 Å². The van der Waals surface area contributed by atoms with Gasteiger partial charge in [0.1, 0.15) is 0 Å². The van der Waals surface area contributed by atoms with Gasteiger partial charge in [0.2, 0.25) is 0 Å². The molecule has 0 bridgehead atoms. The predicted molar refractivity (Wildman–Crippen MR) is 41.0 cm³/mol. The minimum absolute atomic E-state index is 0.212. The van der Waals surface area contributed by atoms with Crippen molar-refractivity contribution in [3.63, 3.8) is 0 Å². The average molecular weight is 143 g/mol. The second-order valence-corrected chi connectivity index (χ2v) is 2.16. The summed E-state index contributed by atoms with van der Waals surface area (Å²) < 4.78 is 0. The van der Waals surface area contributed by atoms with Crippen LogP contribution in [0.1, 0.15) is 26.2 Å². The summed E-state index contributed by atoms with van der Waals surface area (Å²) in [6.45, 7) is 2.88. The third kappa shape index (κ3) is 5.41. The van der Waals surface area contributed by atoms with E-state index in [1.54, 1.807) is 0 Å². The molecule has 3 heteroatoms. The van der Waals surface area contributed by atoms with Crippen LogP contribution in [0.15, 0.2) is 0 Å². The maximum Gasteiger partial charge on any atom is 0.336 e. The second-order valence-electron chi connectivity index (χ2n) is 2.16. The van der Waals surface area contributed by atoms with E-state index in [-0.39, 0.29) is 6.03 Å². The monoisotopic (exact) mass is 143 g/mol. The van der Waals surface area contributed by atoms with Gasteiger partial charge in [0, 0.05) is 13.6 Å². The molecule has 0 saturated heterocycles. The van der Waals surface area contributed by atoms with Gasteiger partial charge in [-0.3, -0.25) is 0 Å². The number of carbonyl (C=O) groups excluding carboxylic acids is 1. The van der Waals surface area contributed by atoms with E-state index in [0.717, 1.165) is 13.0 Å². The van der Waals surface area contributed by atoms with Crippen LogP contribution in [0.3, 0.4) is 0 Å². The molecule has 0 rings (SSSR count). The molecule has 10 heavy (non-hydrogen) atoms. The molecule has 0 atom stereocenters. The summed E-state index contributed by atoms with van der Waals surface area (Å²) in [5.41, 5.74) is 0. The Morgan fingerprint density at radius 1 is 1.50 bits per heavy atom. The first kappa shape index (κ1) is 9.27. The van der Waals surface area contributed by atoms with E-state index in [1.165, 1.54) is 19.9 Å². The normalized spacial score (nSPS) is 9.00. The molecule has 0 heterocycles. The number of rotatable bonds is 4. The summed E-state index contributed by atoms with van der Waals surface area (Å²) in [7, 11) is 1.50. The van der Waals surface area contributed by atoms with Gasteiger partial charge in [-0.2, -0.15) is 0 Å². The van der Waals surface area contributed by atoms with Gasteiger partial charge < -0.3 is 5.32 Å². The molecule has 0 aromatic carbocycles. The first-order valence-electron chi connectivity index (χ1n) is 3.69. The quantitative estimate of drug-likeness (QED) is 0.589. The Morgan fingerprint density at radius 2 is 2.20 bits per heavy atom. The number of unbranched alkanes of at least 4 members (excludes halogenated alkanes) is 2. The van der Waals surface area contributed by atoms with Crippen LogP contribution in [-0.4, -0.2) is 19.6 Å². The Balaban J connectivity index is 2.96. The van der Waals surface area contributed by atoms with Crippen molar-refractivity contribution in [3.8, 4) is 0 Å². The van der Waals surface area contributed by atoms with Crippen LogP contribution >= 0.6 is 0 Å². The van der Waals surface area contributed by atoms with Crippen molar-refractivity contribution in [1.82, 2.24) is 10.6 Å². The zero-order valence-corrected chi connectivity index (χ0v) is 6.68. The first-order chi connectivity index (χ1) is 4.81. The molecule has 0 spiro atoms. The number of nitrogens with one attached hydrogen (secondary N) is 1. The van der Waals surface area contributed by atoms with Crippen molar-refractivity contribution in [2.45, 2.75) is 26.2 Å². The van der Waals surface area contributed by atoms with Gasteiger partial charge in [0.05, 0.1) is 0 Å². The zero-order chi connectivity index (χ0) is 7.82. The van der Waals surface area contributed by atoms with Crippen LogP contribution in [0.5, 0.6) is 0 Å².